The fourth-order valence-electron chi connectivity index (χ4n) is 0.507. The van der Waals surface area contributed by atoms with Crippen molar-refractivity contribution in [2.45, 2.75) is 31.6 Å². The standard InChI is InChI=1S/C6H11ClO2.Na.H/c1-2-3-4-5(7)6(8)9;;/h5H,2-4H2,1H3,(H,8,9);;/q;+1;-1. The Bertz CT molecular complexity index is 103. The zero-order valence-electron chi connectivity index (χ0n) is 7.43. The van der Waals surface area contributed by atoms with Gasteiger partial charge in [0.25, 0.3) is 0 Å². The van der Waals surface area contributed by atoms with Crippen molar-refractivity contribution in [3.05, 3.63) is 0 Å². The predicted octanol–water partition coefficient (Wildman–Crippen LogP) is -1.01. The molecular weight excluding hydrogens is 163 g/mol. The smallest absolute Gasteiger partial charge is 1.00 e. The maximum atomic E-state index is 10.1. The molecule has 4 heteroatoms. The van der Waals surface area contributed by atoms with Gasteiger partial charge in [-0.3, -0.25) is 4.79 Å². The Morgan fingerprint density at radius 1 is 1.80 bits per heavy atom. The van der Waals surface area contributed by atoms with Crippen LogP contribution in [0.15, 0.2) is 0 Å². The summed E-state index contributed by atoms with van der Waals surface area (Å²) in [6, 6.07) is 0. The van der Waals surface area contributed by atoms with Crippen LogP contribution in [-0.4, -0.2) is 16.5 Å². The minimum absolute atomic E-state index is 0. The normalized spacial score (nSPS) is 11.8. The summed E-state index contributed by atoms with van der Waals surface area (Å²) in [6.07, 6.45) is 2.46. The topological polar surface area (TPSA) is 37.3 Å². The third-order valence-electron chi connectivity index (χ3n) is 1.08. The molecule has 1 unspecified atom stereocenters. The first-order valence-electron chi connectivity index (χ1n) is 3.05. The molecule has 0 aromatic rings. The number of unbranched alkanes of at least 4 members (excludes halogenated alkanes) is 1. The number of hydrogen-bond donors (Lipinski definition) is 1. The molecule has 1 N–H and O–H groups in total. The van der Waals surface area contributed by atoms with Crippen molar-refractivity contribution < 1.29 is 40.9 Å². The van der Waals surface area contributed by atoms with Crippen LogP contribution < -0.4 is 29.6 Å². The van der Waals surface area contributed by atoms with Gasteiger partial charge in [0.2, 0.25) is 0 Å². The summed E-state index contributed by atoms with van der Waals surface area (Å²) < 4.78 is 0. The van der Waals surface area contributed by atoms with Gasteiger partial charge in [-0.25, -0.2) is 0 Å². The second-order valence-electron chi connectivity index (χ2n) is 1.95. The molecule has 0 amide bonds. The van der Waals surface area contributed by atoms with E-state index in [1.807, 2.05) is 6.92 Å². The summed E-state index contributed by atoms with van der Waals surface area (Å²) in [5.41, 5.74) is 0. The molecule has 0 aliphatic rings. The van der Waals surface area contributed by atoms with Gasteiger partial charge in [0.1, 0.15) is 5.38 Å². The second kappa shape index (κ2) is 7.86. The number of aliphatic carboxylic acids is 1. The number of carboxylic acids is 1. The van der Waals surface area contributed by atoms with E-state index in [1.165, 1.54) is 0 Å². The van der Waals surface area contributed by atoms with Crippen molar-refractivity contribution in [2.75, 3.05) is 0 Å². The zero-order chi connectivity index (χ0) is 7.28. The van der Waals surface area contributed by atoms with Crippen molar-refractivity contribution in [1.82, 2.24) is 0 Å². The maximum absolute atomic E-state index is 10.1. The number of halogens is 1. The Labute approximate surface area is 89.7 Å². The molecule has 0 aromatic carbocycles. The van der Waals surface area contributed by atoms with Crippen LogP contribution in [0.2, 0.25) is 0 Å². The molecule has 0 spiro atoms. The predicted molar refractivity (Wildman–Crippen MR) is 37.9 cm³/mol. The average molecular weight is 175 g/mol. The Hall–Kier alpha value is 0.760. The minimum Gasteiger partial charge on any atom is -1.00 e. The molecule has 0 heterocycles. The molecule has 0 radical (unpaired) electrons. The SMILES string of the molecule is CCCCC(Cl)C(=O)O.[H-].[Na+]. The van der Waals surface area contributed by atoms with Crippen LogP contribution in [0.3, 0.4) is 0 Å². The summed E-state index contributed by atoms with van der Waals surface area (Å²) in [6.45, 7) is 2.01. The van der Waals surface area contributed by atoms with E-state index in [0.717, 1.165) is 12.8 Å². The van der Waals surface area contributed by atoms with E-state index in [2.05, 4.69) is 0 Å². The van der Waals surface area contributed by atoms with Crippen molar-refractivity contribution in [1.29, 1.82) is 0 Å². The van der Waals surface area contributed by atoms with Crippen molar-refractivity contribution in [3.8, 4) is 0 Å². The van der Waals surface area contributed by atoms with Crippen LogP contribution in [0.25, 0.3) is 0 Å². The number of carbonyl (C=O) groups is 1. The molecule has 0 saturated carbocycles. The molecule has 2 nitrogen and oxygen atoms in total. The molecule has 0 rings (SSSR count). The van der Waals surface area contributed by atoms with Crippen LogP contribution in [0.5, 0.6) is 0 Å². The molecule has 0 bridgehead atoms. The summed E-state index contributed by atoms with van der Waals surface area (Å²) in [5.74, 6) is -0.912. The number of carboxylic acid groups (broad SMARTS) is 1. The van der Waals surface area contributed by atoms with E-state index in [-0.39, 0.29) is 31.0 Å². The van der Waals surface area contributed by atoms with E-state index < -0.39 is 11.3 Å². The first kappa shape index (κ1) is 13.4. The van der Waals surface area contributed by atoms with Gasteiger partial charge in [0.15, 0.2) is 0 Å². The summed E-state index contributed by atoms with van der Waals surface area (Å²) in [5, 5.41) is 7.59. The number of alkyl halides is 1. The van der Waals surface area contributed by atoms with E-state index in [4.69, 9.17) is 16.7 Å². The maximum Gasteiger partial charge on any atom is 1.00 e. The van der Waals surface area contributed by atoms with Gasteiger partial charge in [-0.15, -0.1) is 11.6 Å². The van der Waals surface area contributed by atoms with Gasteiger partial charge in [-0.05, 0) is 6.42 Å². The van der Waals surface area contributed by atoms with Crippen LogP contribution in [0.1, 0.15) is 27.6 Å². The Morgan fingerprint density at radius 2 is 2.30 bits per heavy atom. The Balaban J connectivity index is -0.000000320. The van der Waals surface area contributed by atoms with E-state index in [9.17, 15) is 4.79 Å². The summed E-state index contributed by atoms with van der Waals surface area (Å²) >= 11 is 5.39. The minimum atomic E-state index is -0.912. The van der Waals surface area contributed by atoms with E-state index in [1.54, 1.807) is 0 Å². The van der Waals surface area contributed by atoms with Gasteiger partial charge in [0, 0.05) is 0 Å². The van der Waals surface area contributed by atoms with E-state index in [0.29, 0.717) is 6.42 Å². The number of rotatable bonds is 4. The third kappa shape index (κ3) is 6.87. The van der Waals surface area contributed by atoms with Crippen LogP contribution in [-0.2, 0) is 4.79 Å². The number of hydrogen-bond acceptors (Lipinski definition) is 1. The fraction of sp³-hybridized carbons (Fsp3) is 0.833. The Morgan fingerprint density at radius 3 is 2.60 bits per heavy atom. The van der Waals surface area contributed by atoms with Gasteiger partial charge < -0.3 is 6.53 Å². The quantitative estimate of drug-likeness (QED) is 0.438. The second-order valence-corrected chi connectivity index (χ2v) is 2.47. The molecular formula is C6H12ClNaO2. The Kier molecular flexibility index (Phi) is 10.5. The molecule has 0 aromatic heterocycles. The molecule has 56 valence electrons. The van der Waals surface area contributed by atoms with Crippen molar-refractivity contribution >= 4 is 17.6 Å². The first-order valence-corrected chi connectivity index (χ1v) is 3.49. The van der Waals surface area contributed by atoms with E-state index >= 15 is 0 Å². The third-order valence-corrected chi connectivity index (χ3v) is 1.48. The largest absolute Gasteiger partial charge is 1.00 e. The van der Waals surface area contributed by atoms with Gasteiger partial charge in [0.05, 0.1) is 0 Å². The van der Waals surface area contributed by atoms with Crippen molar-refractivity contribution in [3.63, 3.8) is 0 Å². The van der Waals surface area contributed by atoms with Gasteiger partial charge in [-0.1, -0.05) is 19.8 Å². The average Bonchev–Trinajstić information content (AvgIpc) is 1.82. The molecule has 0 aliphatic heterocycles. The first-order chi connectivity index (χ1) is 4.18. The fourth-order valence-corrected chi connectivity index (χ4v) is 0.661. The monoisotopic (exact) mass is 174 g/mol. The van der Waals surface area contributed by atoms with Crippen LogP contribution in [0, 0.1) is 0 Å². The molecule has 0 aliphatic carbocycles. The van der Waals surface area contributed by atoms with Crippen LogP contribution >= 0.6 is 11.6 Å². The van der Waals surface area contributed by atoms with Gasteiger partial charge >= 0.3 is 35.5 Å². The summed E-state index contributed by atoms with van der Waals surface area (Å²) in [4.78, 5) is 10.1. The molecule has 0 saturated heterocycles. The molecule has 1 atom stereocenters. The van der Waals surface area contributed by atoms with Crippen molar-refractivity contribution in [2.24, 2.45) is 0 Å². The molecule has 10 heavy (non-hydrogen) atoms. The zero-order valence-corrected chi connectivity index (χ0v) is 9.19. The van der Waals surface area contributed by atoms with Crippen LogP contribution in [0.4, 0.5) is 0 Å². The molecule has 0 fully saturated rings. The summed E-state index contributed by atoms with van der Waals surface area (Å²) in [7, 11) is 0. The van der Waals surface area contributed by atoms with Gasteiger partial charge in [-0.2, -0.15) is 0 Å².